The molecule has 200 valence electrons. The molecule has 11 heteroatoms. The van der Waals surface area contributed by atoms with Crippen molar-refractivity contribution < 1.29 is 33.1 Å². The van der Waals surface area contributed by atoms with E-state index in [0.29, 0.717) is 35.2 Å². The lowest BCUT2D eigenvalue weighted by Crippen LogP contribution is -2.62. The molecule has 2 heterocycles. The number of halogens is 2. The number of piperidine rings is 1. The van der Waals surface area contributed by atoms with E-state index in [4.69, 9.17) is 5.73 Å². The van der Waals surface area contributed by atoms with Crippen molar-refractivity contribution >= 4 is 23.6 Å². The summed E-state index contributed by atoms with van der Waals surface area (Å²) in [4.78, 5) is 52.4. The van der Waals surface area contributed by atoms with Gasteiger partial charge in [0.05, 0.1) is 0 Å². The zero-order valence-corrected chi connectivity index (χ0v) is 20.5. The molecule has 5 rings (SSSR count). The summed E-state index contributed by atoms with van der Waals surface area (Å²) in [5.41, 5.74) is 5.12. The molecule has 2 aromatic rings. The van der Waals surface area contributed by atoms with Crippen molar-refractivity contribution in [2.24, 2.45) is 11.7 Å². The fourth-order valence-electron chi connectivity index (χ4n) is 5.73. The van der Waals surface area contributed by atoms with E-state index < -0.39 is 66.6 Å². The highest BCUT2D eigenvalue weighted by molar-refractivity contribution is 6.01. The third-order valence-corrected chi connectivity index (χ3v) is 7.73. The summed E-state index contributed by atoms with van der Waals surface area (Å²) in [6, 6.07) is 10.6. The highest BCUT2D eigenvalue weighted by Crippen LogP contribution is 2.49. The zero-order chi connectivity index (χ0) is 27.2. The molecule has 0 spiro atoms. The Morgan fingerprint density at radius 2 is 1.71 bits per heavy atom. The Labute approximate surface area is 217 Å². The monoisotopic (exact) mass is 526 g/mol. The van der Waals surface area contributed by atoms with Gasteiger partial charge in [0.25, 0.3) is 11.8 Å². The second-order valence-corrected chi connectivity index (χ2v) is 10.1. The first kappa shape index (κ1) is 25.8. The topological polar surface area (TPSA) is 142 Å². The number of fused-ring (bicyclic) bond motifs is 3. The van der Waals surface area contributed by atoms with Crippen LogP contribution >= 0.6 is 0 Å². The predicted octanol–water partition coefficient (Wildman–Crippen LogP) is 1.03. The molecule has 2 aromatic carbocycles. The molecular formula is C27H28F2N4O5. The fourth-order valence-corrected chi connectivity index (χ4v) is 5.73. The van der Waals surface area contributed by atoms with Crippen LogP contribution in [0.25, 0.3) is 11.1 Å². The van der Waals surface area contributed by atoms with Crippen molar-refractivity contribution in [1.82, 2.24) is 15.5 Å². The highest BCUT2D eigenvalue weighted by Gasteiger charge is 2.54. The number of amides is 4. The number of likely N-dealkylation sites (tertiary alicyclic amines) is 1. The van der Waals surface area contributed by atoms with Crippen LogP contribution in [0, 0.1) is 5.92 Å². The zero-order valence-electron chi connectivity index (χ0n) is 20.5. The van der Waals surface area contributed by atoms with Crippen molar-refractivity contribution in [3.8, 4) is 11.1 Å². The maximum Gasteiger partial charge on any atom is 0.264 e. The number of benzene rings is 2. The van der Waals surface area contributed by atoms with Crippen LogP contribution in [-0.4, -0.2) is 64.7 Å². The number of nitrogens with one attached hydrogen (secondary N) is 2. The number of rotatable bonds is 6. The quantitative estimate of drug-likeness (QED) is 0.445. The Bertz CT molecular complexity index is 1270. The molecule has 3 atom stereocenters. The van der Waals surface area contributed by atoms with E-state index in [1.807, 2.05) is 0 Å². The van der Waals surface area contributed by atoms with E-state index in [1.54, 1.807) is 48.5 Å². The molecule has 0 bridgehead atoms. The number of aliphatic hydroxyl groups is 1. The normalized spacial score (nSPS) is 23.7. The van der Waals surface area contributed by atoms with Gasteiger partial charge in [-0.15, -0.1) is 0 Å². The Morgan fingerprint density at radius 1 is 1.11 bits per heavy atom. The lowest BCUT2D eigenvalue weighted by atomic mass is 9.87. The maximum atomic E-state index is 14.6. The molecular weight excluding hydrogens is 498 g/mol. The van der Waals surface area contributed by atoms with Gasteiger partial charge in [0.15, 0.2) is 5.60 Å². The predicted molar refractivity (Wildman–Crippen MR) is 131 cm³/mol. The van der Waals surface area contributed by atoms with Gasteiger partial charge in [-0.2, -0.15) is 0 Å². The van der Waals surface area contributed by atoms with Gasteiger partial charge in [-0.1, -0.05) is 48.5 Å². The van der Waals surface area contributed by atoms with Crippen LogP contribution in [0.15, 0.2) is 48.5 Å². The minimum Gasteiger partial charge on any atom is -0.372 e. The van der Waals surface area contributed by atoms with E-state index in [1.165, 1.54) is 0 Å². The van der Waals surface area contributed by atoms with Crippen LogP contribution in [0.5, 0.6) is 0 Å². The number of hydrogen-bond acceptors (Lipinski definition) is 5. The molecule has 9 nitrogen and oxygen atoms in total. The fraction of sp³-hybridized carbons (Fsp3) is 0.407. The summed E-state index contributed by atoms with van der Waals surface area (Å²) in [7, 11) is 0. The Hall–Kier alpha value is -3.86. The standard InChI is InChI=1S/C27H28F2N4O5/c28-26(29)10-12-33(21(14-26)24(36)32-20(22(30)34)13-15-9-11-31-23(15)35)25(37)27(38)18-7-3-1-5-16(18)17-6-2-4-8-19(17)27/h1-8,15,20-21,38H,9-14H2,(H2,30,34)(H,31,35)(H,32,36)/t15-,20-,21-/m0/s1. The van der Waals surface area contributed by atoms with Crippen LogP contribution in [-0.2, 0) is 24.8 Å². The van der Waals surface area contributed by atoms with Gasteiger partial charge in [0.1, 0.15) is 12.1 Å². The number of carbonyl (C=O) groups excluding carboxylic acids is 4. The molecule has 2 saturated heterocycles. The van der Waals surface area contributed by atoms with Crippen molar-refractivity contribution in [1.29, 1.82) is 0 Å². The number of nitrogens with two attached hydrogens (primary N) is 1. The van der Waals surface area contributed by atoms with E-state index >= 15 is 0 Å². The third-order valence-electron chi connectivity index (χ3n) is 7.73. The van der Waals surface area contributed by atoms with Gasteiger partial charge in [0, 0.05) is 43.0 Å². The van der Waals surface area contributed by atoms with Crippen LogP contribution in [0.3, 0.4) is 0 Å². The number of alkyl halides is 2. The van der Waals surface area contributed by atoms with E-state index in [0.717, 1.165) is 4.90 Å². The Morgan fingerprint density at radius 3 is 2.26 bits per heavy atom. The Kier molecular flexibility index (Phi) is 6.42. The molecule has 4 amide bonds. The minimum absolute atomic E-state index is 0.0886. The number of nitrogens with zero attached hydrogens (tertiary/aromatic N) is 1. The van der Waals surface area contributed by atoms with Gasteiger partial charge in [-0.3, -0.25) is 19.2 Å². The second kappa shape index (κ2) is 9.46. The Balaban J connectivity index is 1.46. The van der Waals surface area contributed by atoms with E-state index in [2.05, 4.69) is 10.6 Å². The summed E-state index contributed by atoms with van der Waals surface area (Å²) < 4.78 is 29.1. The van der Waals surface area contributed by atoms with Crippen LogP contribution in [0.4, 0.5) is 8.78 Å². The molecule has 0 unspecified atom stereocenters. The molecule has 0 radical (unpaired) electrons. The largest absolute Gasteiger partial charge is 0.372 e. The number of carbonyl (C=O) groups is 4. The summed E-state index contributed by atoms with van der Waals surface area (Å²) in [6.45, 7) is -0.0651. The van der Waals surface area contributed by atoms with Crippen molar-refractivity contribution in [2.45, 2.75) is 49.3 Å². The van der Waals surface area contributed by atoms with Gasteiger partial charge >= 0.3 is 0 Å². The molecule has 38 heavy (non-hydrogen) atoms. The first-order chi connectivity index (χ1) is 18.0. The molecule has 5 N–H and O–H groups in total. The van der Waals surface area contributed by atoms with Gasteiger partial charge in [-0.05, 0) is 24.0 Å². The van der Waals surface area contributed by atoms with E-state index in [-0.39, 0.29) is 12.3 Å². The van der Waals surface area contributed by atoms with Gasteiger partial charge in [0.2, 0.25) is 17.7 Å². The maximum absolute atomic E-state index is 14.6. The summed E-state index contributed by atoms with van der Waals surface area (Å²) in [5, 5.41) is 16.9. The van der Waals surface area contributed by atoms with Gasteiger partial charge in [-0.25, -0.2) is 8.78 Å². The molecule has 0 saturated carbocycles. The number of hydrogen-bond donors (Lipinski definition) is 4. The second-order valence-electron chi connectivity index (χ2n) is 10.1. The van der Waals surface area contributed by atoms with Crippen LogP contribution in [0.1, 0.15) is 36.8 Å². The molecule has 3 aliphatic rings. The molecule has 2 aliphatic heterocycles. The van der Waals surface area contributed by atoms with Crippen LogP contribution in [0.2, 0.25) is 0 Å². The molecule has 1 aliphatic carbocycles. The smallest absolute Gasteiger partial charge is 0.264 e. The highest BCUT2D eigenvalue weighted by atomic mass is 19.3. The van der Waals surface area contributed by atoms with Gasteiger partial charge < -0.3 is 26.4 Å². The lowest BCUT2D eigenvalue weighted by Gasteiger charge is -2.42. The minimum atomic E-state index is -3.25. The lowest BCUT2D eigenvalue weighted by molar-refractivity contribution is -0.164. The average Bonchev–Trinajstić information content (AvgIpc) is 3.42. The van der Waals surface area contributed by atoms with Crippen molar-refractivity contribution in [3.05, 3.63) is 59.7 Å². The van der Waals surface area contributed by atoms with E-state index in [9.17, 15) is 33.1 Å². The van der Waals surface area contributed by atoms with Crippen LogP contribution < -0.4 is 16.4 Å². The van der Waals surface area contributed by atoms with Crippen molar-refractivity contribution in [3.63, 3.8) is 0 Å². The summed E-state index contributed by atoms with van der Waals surface area (Å²) in [6.07, 6.45) is -1.33. The van der Waals surface area contributed by atoms with Crippen molar-refractivity contribution in [2.75, 3.05) is 13.1 Å². The SMILES string of the molecule is NC(=O)[C@H](C[C@@H]1CCNC1=O)NC(=O)[C@@H]1CC(F)(F)CCN1C(=O)C1(O)c2ccccc2-c2ccccc21. The first-order valence-electron chi connectivity index (χ1n) is 12.5. The summed E-state index contributed by atoms with van der Waals surface area (Å²) in [5.74, 6) is -6.92. The first-order valence-corrected chi connectivity index (χ1v) is 12.5. The summed E-state index contributed by atoms with van der Waals surface area (Å²) >= 11 is 0. The molecule has 0 aromatic heterocycles. The third kappa shape index (κ3) is 4.30. The molecule has 2 fully saturated rings. The average molecular weight is 527 g/mol. The number of primary amides is 1.